The van der Waals surface area contributed by atoms with Crippen molar-refractivity contribution in [2.75, 3.05) is 19.6 Å². The van der Waals surface area contributed by atoms with Crippen LogP contribution in [0.3, 0.4) is 0 Å². The van der Waals surface area contributed by atoms with Crippen LogP contribution < -0.4 is 5.73 Å². The number of carbonyl (C=O) groups excluding carboxylic acids is 1. The number of aliphatic hydroxyl groups is 1. The molecule has 17 heavy (non-hydrogen) atoms. The Labute approximate surface area is 101 Å². The molecule has 0 radical (unpaired) electrons. The minimum atomic E-state index is -0.381. The number of aliphatic hydroxyl groups excluding tert-OH is 1. The predicted molar refractivity (Wildman–Crippen MR) is 65.4 cm³/mol. The van der Waals surface area contributed by atoms with Gasteiger partial charge in [-0.15, -0.1) is 0 Å². The van der Waals surface area contributed by atoms with Crippen LogP contribution in [0.2, 0.25) is 0 Å². The fourth-order valence-corrected chi connectivity index (χ4v) is 2.23. The molecular weight excluding hydrogens is 216 g/mol. The zero-order valence-corrected chi connectivity index (χ0v) is 9.75. The second-order valence-corrected chi connectivity index (χ2v) is 4.43. The minimum Gasteiger partial charge on any atom is -0.391 e. The van der Waals surface area contributed by atoms with Crippen LogP contribution in [0.4, 0.5) is 0 Å². The summed E-state index contributed by atoms with van der Waals surface area (Å²) in [6.45, 7) is 1.36. The summed E-state index contributed by atoms with van der Waals surface area (Å²) in [4.78, 5) is 14.0. The smallest absolute Gasteiger partial charge is 0.231 e. The van der Waals surface area contributed by atoms with Gasteiger partial charge in [-0.2, -0.15) is 0 Å². The van der Waals surface area contributed by atoms with Crippen LogP contribution in [0.1, 0.15) is 17.9 Å². The Morgan fingerprint density at radius 3 is 2.71 bits per heavy atom. The van der Waals surface area contributed by atoms with Crippen LogP contribution in [-0.2, 0) is 4.79 Å². The largest absolute Gasteiger partial charge is 0.391 e. The van der Waals surface area contributed by atoms with E-state index in [0.717, 1.165) is 5.56 Å². The van der Waals surface area contributed by atoms with Gasteiger partial charge in [-0.1, -0.05) is 30.3 Å². The molecule has 0 aromatic heterocycles. The molecule has 1 fully saturated rings. The summed E-state index contributed by atoms with van der Waals surface area (Å²) in [5, 5.41) is 9.45. The average Bonchev–Trinajstić information content (AvgIpc) is 2.78. The van der Waals surface area contributed by atoms with Crippen molar-refractivity contribution in [3.05, 3.63) is 35.9 Å². The first-order valence-corrected chi connectivity index (χ1v) is 5.94. The molecule has 1 saturated heterocycles. The molecule has 0 saturated carbocycles. The first kappa shape index (κ1) is 12.1. The standard InChI is InChI=1S/C13H18N2O2/c14-8-12(10-4-2-1-3-5-10)13(17)15-7-6-11(16)9-15/h1-5,11-12,16H,6-9,14H2/t11-,12?/m1/s1. The number of nitrogens with zero attached hydrogens (tertiary/aromatic N) is 1. The van der Waals surface area contributed by atoms with E-state index in [1.165, 1.54) is 0 Å². The lowest BCUT2D eigenvalue weighted by Crippen LogP contribution is -2.36. The Kier molecular flexibility index (Phi) is 3.76. The highest BCUT2D eigenvalue weighted by Crippen LogP contribution is 2.20. The van der Waals surface area contributed by atoms with Crippen molar-refractivity contribution < 1.29 is 9.90 Å². The molecular formula is C13H18N2O2. The summed E-state index contributed by atoms with van der Waals surface area (Å²) < 4.78 is 0. The van der Waals surface area contributed by atoms with Gasteiger partial charge in [0.25, 0.3) is 0 Å². The van der Waals surface area contributed by atoms with Gasteiger partial charge in [0, 0.05) is 19.6 Å². The van der Waals surface area contributed by atoms with Crippen molar-refractivity contribution >= 4 is 5.91 Å². The van der Waals surface area contributed by atoms with Gasteiger partial charge in [0.1, 0.15) is 0 Å². The maximum absolute atomic E-state index is 12.3. The van der Waals surface area contributed by atoms with E-state index in [0.29, 0.717) is 26.1 Å². The number of nitrogens with two attached hydrogens (primary N) is 1. The number of benzene rings is 1. The number of rotatable bonds is 3. The van der Waals surface area contributed by atoms with E-state index in [1.807, 2.05) is 30.3 Å². The lowest BCUT2D eigenvalue weighted by atomic mass is 9.98. The van der Waals surface area contributed by atoms with E-state index in [4.69, 9.17) is 5.73 Å². The highest BCUT2D eigenvalue weighted by Gasteiger charge is 2.29. The number of β-amino-alcohol motifs (C(OH)–C–C–N with tert-alkyl or cyclic N) is 1. The molecule has 0 spiro atoms. The Morgan fingerprint density at radius 1 is 1.47 bits per heavy atom. The van der Waals surface area contributed by atoms with Gasteiger partial charge in [-0.05, 0) is 12.0 Å². The number of hydrogen-bond acceptors (Lipinski definition) is 3. The van der Waals surface area contributed by atoms with Crippen molar-refractivity contribution in [1.29, 1.82) is 0 Å². The van der Waals surface area contributed by atoms with E-state index in [9.17, 15) is 9.90 Å². The summed E-state index contributed by atoms with van der Waals surface area (Å²) >= 11 is 0. The first-order valence-electron chi connectivity index (χ1n) is 5.94. The third kappa shape index (κ3) is 2.65. The molecule has 1 heterocycles. The lowest BCUT2D eigenvalue weighted by molar-refractivity contribution is -0.131. The van der Waals surface area contributed by atoms with Crippen molar-refractivity contribution in [2.24, 2.45) is 5.73 Å². The van der Waals surface area contributed by atoms with Crippen LogP contribution >= 0.6 is 0 Å². The van der Waals surface area contributed by atoms with Crippen LogP contribution in [0, 0.1) is 0 Å². The Morgan fingerprint density at radius 2 is 2.18 bits per heavy atom. The summed E-state index contributed by atoms with van der Waals surface area (Å²) in [6.07, 6.45) is 0.283. The molecule has 92 valence electrons. The third-order valence-electron chi connectivity index (χ3n) is 3.21. The lowest BCUT2D eigenvalue weighted by Gasteiger charge is -2.22. The maximum Gasteiger partial charge on any atom is 0.231 e. The van der Waals surface area contributed by atoms with Gasteiger partial charge in [0.05, 0.1) is 12.0 Å². The molecule has 1 unspecified atom stereocenters. The summed E-state index contributed by atoms with van der Waals surface area (Å²) in [7, 11) is 0. The van der Waals surface area contributed by atoms with E-state index in [-0.39, 0.29) is 17.9 Å². The van der Waals surface area contributed by atoms with Crippen molar-refractivity contribution in [2.45, 2.75) is 18.4 Å². The van der Waals surface area contributed by atoms with Crippen LogP contribution in [0.5, 0.6) is 0 Å². The van der Waals surface area contributed by atoms with Gasteiger partial charge in [-0.3, -0.25) is 4.79 Å². The zero-order chi connectivity index (χ0) is 12.3. The maximum atomic E-state index is 12.3. The zero-order valence-electron chi connectivity index (χ0n) is 9.75. The molecule has 0 aliphatic carbocycles. The van der Waals surface area contributed by atoms with Crippen molar-refractivity contribution in [1.82, 2.24) is 4.90 Å². The molecule has 4 heteroatoms. The Hall–Kier alpha value is -1.39. The summed E-state index contributed by atoms with van der Waals surface area (Å²) in [5.41, 5.74) is 6.64. The van der Waals surface area contributed by atoms with Crippen molar-refractivity contribution in [3.63, 3.8) is 0 Å². The quantitative estimate of drug-likeness (QED) is 0.791. The van der Waals surface area contributed by atoms with Crippen molar-refractivity contribution in [3.8, 4) is 0 Å². The second-order valence-electron chi connectivity index (χ2n) is 4.43. The highest BCUT2D eigenvalue weighted by atomic mass is 16.3. The van der Waals surface area contributed by atoms with Gasteiger partial charge in [0.2, 0.25) is 5.91 Å². The molecule has 3 N–H and O–H groups in total. The molecule has 1 aromatic rings. The molecule has 1 amide bonds. The molecule has 1 aliphatic rings. The van der Waals surface area contributed by atoms with Crippen LogP contribution in [0.15, 0.2) is 30.3 Å². The number of amides is 1. The SMILES string of the molecule is NCC(C(=O)N1CC[C@@H](O)C1)c1ccccc1. The molecule has 2 atom stereocenters. The van der Waals surface area contributed by atoms with Crippen LogP contribution in [-0.4, -0.2) is 41.7 Å². The van der Waals surface area contributed by atoms with E-state index < -0.39 is 0 Å². The first-order chi connectivity index (χ1) is 8.22. The molecule has 2 rings (SSSR count). The second kappa shape index (κ2) is 5.29. The third-order valence-corrected chi connectivity index (χ3v) is 3.21. The molecule has 0 bridgehead atoms. The molecule has 1 aromatic carbocycles. The number of hydrogen-bond donors (Lipinski definition) is 2. The Bertz CT molecular complexity index is 380. The summed E-state index contributed by atoms with van der Waals surface area (Å²) in [6, 6.07) is 9.57. The fraction of sp³-hybridized carbons (Fsp3) is 0.462. The average molecular weight is 234 g/mol. The number of carbonyl (C=O) groups is 1. The Balaban J connectivity index is 2.11. The molecule has 4 nitrogen and oxygen atoms in total. The van der Waals surface area contributed by atoms with Gasteiger partial charge in [0.15, 0.2) is 0 Å². The highest BCUT2D eigenvalue weighted by molar-refractivity contribution is 5.84. The normalized spacial score (nSPS) is 21.5. The summed E-state index contributed by atoms with van der Waals surface area (Å²) in [5.74, 6) is -0.267. The minimum absolute atomic E-state index is 0.0234. The van der Waals surface area contributed by atoms with Gasteiger partial charge in [-0.25, -0.2) is 0 Å². The van der Waals surface area contributed by atoms with E-state index in [2.05, 4.69) is 0 Å². The van der Waals surface area contributed by atoms with E-state index in [1.54, 1.807) is 4.90 Å². The van der Waals surface area contributed by atoms with Gasteiger partial charge < -0.3 is 15.7 Å². The van der Waals surface area contributed by atoms with Crippen LogP contribution in [0.25, 0.3) is 0 Å². The number of likely N-dealkylation sites (tertiary alicyclic amines) is 1. The van der Waals surface area contributed by atoms with Gasteiger partial charge >= 0.3 is 0 Å². The topological polar surface area (TPSA) is 66.6 Å². The monoisotopic (exact) mass is 234 g/mol. The fourth-order valence-electron chi connectivity index (χ4n) is 2.23. The predicted octanol–water partition coefficient (Wildman–Crippen LogP) is 0.322. The van der Waals surface area contributed by atoms with E-state index >= 15 is 0 Å². The molecule has 1 aliphatic heterocycles.